The third-order valence-corrected chi connectivity index (χ3v) is 21.1. The Morgan fingerprint density at radius 1 is 0.317 bits per heavy atom. The lowest BCUT2D eigenvalue weighted by atomic mass is 10.3. The largest absolute Gasteiger partial charge is 0.394 e. The molecule has 0 aliphatic carbocycles. The number of aliphatic hydroxyl groups is 1. The highest BCUT2D eigenvalue weighted by molar-refractivity contribution is 7.28. The maximum absolute atomic E-state index is 14.2. The average Bonchev–Trinajstić information content (AvgIpc) is 3.05. The Morgan fingerprint density at radius 2 is 0.463 bits per heavy atom. The molecule has 200 valence electrons. The van der Waals surface area contributed by atoms with Gasteiger partial charge in [0.1, 0.15) is 0 Å². The number of benzene rings is 6. The van der Waals surface area contributed by atoms with Gasteiger partial charge in [-0.15, -0.1) is 0 Å². The van der Waals surface area contributed by atoms with E-state index in [9.17, 15) is 5.11 Å². The molecule has 41 heavy (non-hydrogen) atoms. The van der Waals surface area contributed by atoms with E-state index in [1.165, 1.54) is 31.1 Å². The Morgan fingerprint density at radius 3 is 0.610 bits per heavy atom. The van der Waals surface area contributed by atoms with Crippen LogP contribution in [0, 0.1) is 0 Å². The second-order valence-electron chi connectivity index (χ2n) is 10.8. The Balaban J connectivity index is 1.86. The molecule has 0 unspecified atom stereocenters. The van der Waals surface area contributed by atoms with Crippen molar-refractivity contribution in [1.29, 1.82) is 0 Å². The molecule has 0 saturated carbocycles. The third-order valence-electron chi connectivity index (χ3n) is 8.70. The highest BCUT2D eigenvalue weighted by Crippen LogP contribution is 2.31. The first-order chi connectivity index (χ1) is 20.1. The summed E-state index contributed by atoms with van der Waals surface area (Å²) < 4.78 is 0. The molecule has 3 heteroatoms. The summed E-state index contributed by atoms with van der Waals surface area (Å²) in [5.41, 5.74) is 0. The van der Waals surface area contributed by atoms with Crippen LogP contribution in [0.3, 0.4) is 0 Å². The summed E-state index contributed by atoms with van der Waals surface area (Å²) in [5, 5.41) is 21.4. The van der Waals surface area contributed by atoms with E-state index in [0.29, 0.717) is 0 Å². The fourth-order valence-corrected chi connectivity index (χ4v) is 21.5. The molecule has 0 aromatic heterocycles. The molecule has 6 aromatic carbocycles. The van der Waals surface area contributed by atoms with E-state index in [-0.39, 0.29) is 0 Å². The first kappa shape index (κ1) is 26.9. The lowest BCUT2D eigenvalue weighted by molar-refractivity contribution is 0.217. The normalized spacial score (nSPS) is 12.1. The van der Waals surface area contributed by atoms with Gasteiger partial charge in [0.05, 0.1) is 4.85 Å². The topological polar surface area (TPSA) is 20.2 Å². The zero-order valence-electron chi connectivity index (χ0n) is 23.3. The van der Waals surface area contributed by atoms with Gasteiger partial charge < -0.3 is 5.11 Å². The standard InChI is InChI=1S/C38H34OSi2/c1-38(39,40(32-20-8-2-9-21-32,33-22-10-3-11-23-33)34-24-12-4-13-25-34)41(35-26-14-5-15-27-35,36-28-16-6-17-29-36)37-30-18-7-19-31-37/h2-31,39H,1H3. The van der Waals surface area contributed by atoms with Crippen LogP contribution in [0.4, 0.5) is 0 Å². The van der Waals surface area contributed by atoms with Gasteiger partial charge in [-0.2, -0.15) is 0 Å². The molecule has 0 heterocycles. The summed E-state index contributed by atoms with van der Waals surface area (Å²) in [6, 6.07) is 64.7. The molecule has 0 saturated heterocycles. The van der Waals surface area contributed by atoms with Crippen LogP contribution in [0.2, 0.25) is 0 Å². The van der Waals surface area contributed by atoms with E-state index in [2.05, 4.69) is 189 Å². The molecule has 0 fully saturated rings. The van der Waals surface area contributed by atoms with E-state index in [1.54, 1.807) is 0 Å². The van der Waals surface area contributed by atoms with Gasteiger partial charge in [0.15, 0.2) is 16.1 Å². The highest BCUT2D eigenvalue weighted by atomic mass is 28.4. The molecule has 0 radical (unpaired) electrons. The zero-order valence-corrected chi connectivity index (χ0v) is 25.3. The van der Waals surface area contributed by atoms with E-state index >= 15 is 0 Å². The highest BCUT2D eigenvalue weighted by Gasteiger charge is 2.66. The first-order valence-corrected chi connectivity index (χ1v) is 18.2. The van der Waals surface area contributed by atoms with Crippen molar-refractivity contribution in [2.24, 2.45) is 0 Å². The molecule has 0 spiro atoms. The number of hydrogen-bond donors (Lipinski definition) is 1. The van der Waals surface area contributed by atoms with Crippen LogP contribution in [-0.4, -0.2) is 26.1 Å². The van der Waals surface area contributed by atoms with Crippen molar-refractivity contribution in [3.8, 4) is 0 Å². The number of rotatable bonds is 8. The van der Waals surface area contributed by atoms with Gasteiger partial charge in [-0.05, 0) is 38.0 Å². The van der Waals surface area contributed by atoms with Gasteiger partial charge in [0, 0.05) is 0 Å². The van der Waals surface area contributed by atoms with Crippen molar-refractivity contribution >= 4 is 47.3 Å². The van der Waals surface area contributed by atoms with Crippen LogP contribution >= 0.6 is 0 Å². The average molecular weight is 563 g/mol. The summed E-state index contributed by atoms with van der Waals surface area (Å²) in [7, 11) is -6.44. The molecule has 0 atom stereocenters. The summed E-state index contributed by atoms with van der Waals surface area (Å²) >= 11 is 0. The minimum atomic E-state index is -3.22. The summed E-state index contributed by atoms with van der Waals surface area (Å²) in [5.74, 6) is 0. The van der Waals surface area contributed by atoms with Crippen molar-refractivity contribution in [1.82, 2.24) is 0 Å². The lowest BCUT2D eigenvalue weighted by Gasteiger charge is -2.55. The van der Waals surface area contributed by atoms with E-state index in [4.69, 9.17) is 0 Å². The number of hydrogen-bond acceptors (Lipinski definition) is 1. The van der Waals surface area contributed by atoms with Crippen LogP contribution in [-0.2, 0) is 0 Å². The van der Waals surface area contributed by atoms with Crippen molar-refractivity contribution < 1.29 is 5.11 Å². The summed E-state index contributed by atoms with van der Waals surface area (Å²) in [4.78, 5) is -1.17. The third kappa shape index (κ3) is 4.25. The van der Waals surface area contributed by atoms with Gasteiger partial charge in [-0.3, -0.25) is 0 Å². The van der Waals surface area contributed by atoms with Crippen LogP contribution in [0.15, 0.2) is 182 Å². The van der Waals surface area contributed by atoms with Crippen molar-refractivity contribution in [2.45, 2.75) is 11.8 Å². The minimum Gasteiger partial charge on any atom is -0.394 e. The minimum absolute atomic E-state index is 1.17. The molecule has 1 nitrogen and oxygen atoms in total. The SMILES string of the molecule is CC(O)([Si](c1ccccc1)(c1ccccc1)c1ccccc1)[Si](c1ccccc1)(c1ccccc1)c1ccccc1. The van der Waals surface area contributed by atoms with Crippen molar-refractivity contribution in [3.05, 3.63) is 182 Å². The van der Waals surface area contributed by atoms with Gasteiger partial charge in [-0.1, -0.05) is 182 Å². The Labute approximate surface area is 245 Å². The smallest absolute Gasteiger partial charge is 0.179 e. The lowest BCUT2D eigenvalue weighted by Crippen LogP contribution is -2.93. The Bertz CT molecular complexity index is 1350. The summed E-state index contributed by atoms with van der Waals surface area (Å²) in [6.07, 6.45) is 0. The quantitative estimate of drug-likeness (QED) is 0.218. The van der Waals surface area contributed by atoms with Crippen LogP contribution in [0.1, 0.15) is 6.92 Å². The molecular formula is C38H34OSi2. The molecular weight excluding hydrogens is 529 g/mol. The van der Waals surface area contributed by atoms with Gasteiger partial charge in [-0.25, -0.2) is 0 Å². The molecule has 1 N–H and O–H groups in total. The van der Waals surface area contributed by atoms with E-state index < -0.39 is 21.0 Å². The fourth-order valence-electron chi connectivity index (χ4n) is 7.10. The molecule has 0 aliphatic heterocycles. The molecule has 0 amide bonds. The summed E-state index contributed by atoms with van der Waals surface area (Å²) in [6.45, 7) is 2.16. The molecule has 6 rings (SSSR count). The Hall–Kier alpha value is -4.29. The Kier molecular flexibility index (Phi) is 7.42. The van der Waals surface area contributed by atoms with Crippen LogP contribution in [0.25, 0.3) is 0 Å². The maximum atomic E-state index is 14.2. The fraction of sp³-hybridized carbons (Fsp3) is 0.0526. The second kappa shape index (κ2) is 11.3. The van der Waals surface area contributed by atoms with Gasteiger partial charge in [0.25, 0.3) is 0 Å². The van der Waals surface area contributed by atoms with Crippen molar-refractivity contribution in [2.75, 3.05) is 0 Å². The monoisotopic (exact) mass is 562 g/mol. The van der Waals surface area contributed by atoms with Crippen molar-refractivity contribution in [3.63, 3.8) is 0 Å². The second-order valence-corrected chi connectivity index (χ2v) is 19.7. The zero-order chi connectivity index (χ0) is 28.2. The molecule has 0 bridgehead atoms. The van der Waals surface area contributed by atoms with E-state index in [1.807, 2.05) is 0 Å². The molecule has 6 aromatic rings. The predicted molar refractivity (Wildman–Crippen MR) is 179 cm³/mol. The first-order valence-electron chi connectivity index (χ1n) is 14.2. The molecule has 0 aliphatic rings. The maximum Gasteiger partial charge on any atom is 0.179 e. The van der Waals surface area contributed by atoms with Gasteiger partial charge in [0.2, 0.25) is 0 Å². The van der Waals surface area contributed by atoms with E-state index in [0.717, 1.165) is 0 Å². The van der Waals surface area contributed by atoms with Crippen LogP contribution in [0.5, 0.6) is 0 Å². The van der Waals surface area contributed by atoms with Crippen LogP contribution < -0.4 is 31.1 Å². The predicted octanol–water partition coefficient (Wildman–Crippen LogP) is 4.16. The van der Waals surface area contributed by atoms with Gasteiger partial charge >= 0.3 is 0 Å².